The third-order valence-corrected chi connectivity index (χ3v) is 2.99. The van der Waals surface area contributed by atoms with E-state index in [1.54, 1.807) is 7.11 Å². The summed E-state index contributed by atoms with van der Waals surface area (Å²) in [5.74, 6) is 0.322. The number of aromatic hydroxyl groups is 1. The molecule has 18 heavy (non-hydrogen) atoms. The Labute approximate surface area is 110 Å². The van der Waals surface area contributed by atoms with Crippen molar-refractivity contribution in [3.05, 3.63) is 23.3 Å². The first kappa shape index (κ1) is 14.8. The lowest BCUT2D eigenvalue weighted by Crippen LogP contribution is -2.13. The number of ether oxygens (including phenoxy) is 1. The van der Waals surface area contributed by atoms with Gasteiger partial charge in [-0.15, -0.1) is 0 Å². The highest BCUT2D eigenvalue weighted by Crippen LogP contribution is 2.33. The summed E-state index contributed by atoms with van der Waals surface area (Å²) in [6.07, 6.45) is 0.927. The molecule has 1 aromatic carbocycles. The number of hydrogen-bond donors (Lipinski definition) is 2. The van der Waals surface area contributed by atoms with Gasteiger partial charge in [0.15, 0.2) is 0 Å². The van der Waals surface area contributed by atoms with E-state index in [2.05, 4.69) is 33.0 Å². The highest BCUT2D eigenvalue weighted by molar-refractivity contribution is 5.60. The molecule has 0 spiro atoms. The van der Waals surface area contributed by atoms with Crippen LogP contribution < -0.4 is 5.32 Å². The predicted octanol–water partition coefficient (Wildman–Crippen LogP) is 3.45. The SMILES string of the molecule is COCCCNc1cc(C)c(C(C)(C)C)cc1O. The molecule has 0 heterocycles. The first-order valence-electron chi connectivity index (χ1n) is 6.43. The predicted molar refractivity (Wildman–Crippen MR) is 76.5 cm³/mol. The molecule has 0 atom stereocenters. The molecule has 1 rings (SSSR count). The van der Waals surface area contributed by atoms with Crippen molar-refractivity contribution in [2.24, 2.45) is 0 Å². The van der Waals surface area contributed by atoms with Crippen molar-refractivity contribution in [3.8, 4) is 5.75 Å². The topological polar surface area (TPSA) is 41.5 Å². The number of benzene rings is 1. The second-order valence-corrected chi connectivity index (χ2v) is 5.71. The highest BCUT2D eigenvalue weighted by atomic mass is 16.5. The zero-order valence-electron chi connectivity index (χ0n) is 12.1. The van der Waals surface area contributed by atoms with Gasteiger partial charge in [-0.3, -0.25) is 0 Å². The Morgan fingerprint density at radius 2 is 1.94 bits per heavy atom. The molecule has 3 heteroatoms. The van der Waals surface area contributed by atoms with Crippen molar-refractivity contribution in [1.82, 2.24) is 0 Å². The molecule has 0 aliphatic heterocycles. The number of methoxy groups -OCH3 is 1. The molecule has 0 amide bonds. The Morgan fingerprint density at radius 1 is 1.28 bits per heavy atom. The summed E-state index contributed by atoms with van der Waals surface area (Å²) in [7, 11) is 1.69. The summed E-state index contributed by atoms with van der Waals surface area (Å²) in [6, 6.07) is 3.89. The van der Waals surface area contributed by atoms with Gasteiger partial charge in [0, 0.05) is 20.3 Å². The van der Waals surface area contributed by atoms with E-state index in [0.29, 0.717) is 5.75 Å². The van der Waals surface area contributed by atoms with Crippen LogP contribution in [-0.2, 0) is 10.2 Å². The Hall–Kier alpha value is -1.22. The third kappa shape index (κ3) is 3.91. The van der Waals surface area contributed by atoms with E-state index in [1.165, 1.54) is 11.1 Å². The van der Waals surface area contributed by atoms with Crippen LogP contribution in [0.2, 0.25) is 0 Å². The molecule has 2 N–H and O–H groups in total. The van der Waals surface area contributed by atoms with Gasteiger partial charge in [-0.25, -0.2) is 0 Å². The first-order valence-corrected chi connectivity index (χ1v) is 6.43. The van der Waals surface area contributed by atoms with Crippen molar-refractivity contribution < 1.29 is 9.84 Å². The van der Waals surface area contributed by atoms with Crippen LogP contribution in [0.3, 0.4) is 0 Å². The summed E-state index contributed by atoms with van der Waals surface area (Å²) in [5, 5.41) is 13.3. The molecule has 0 aliphatic carbocycles. The molecule has 0 unspecified atom stereocenters. The largest absolute Gasteiger partial charge is 0.506 e. The molecular formula is C15H25NO2. The number of phenolic OH excluding ortho intramolecular Hbond substituents is 1. The smallest absolute Gasteiger partial charge is 0.138 e. The lowest BCUT2D eigenvalue weighted by Gasteiger charge is -2.23. The summed E-state index contributed by atoms with van der Waals surface area (Å²) in [5.41, 5.74) is 3.24. The van der Waals surface area contributed by atoms with Crippen LogP contribution >= 0.6 is 0 Å². The van der Waals surface area contributed by atoms with Gasteiger partial charge in [-0.2, -0.15) is 0 Å². The summed E-state index contributed by atoms with van der Waals surface area (Å²) < 4.78 is 5.00. The van der Waals surface area contributed by atoms with Crippen LogP contribution in [0.25, 0.3) is 0 Å². The third-order valence-electron chi connectivity index (χ3n) is 2.99. The molecule has 1 aromatic rings. The van der Waals surface area contributed by atoms with Gasteiger partial charge in [-0.05, 0) is 42.0 Å². The fourth-order valence-corrected chi connectivity index (χ4v) is 2.09. The standard InChI is InChI=1S/C15H25NO2/c1-11-9-13(16-7-6-8-18-5)14(17)10-12(11)15(2,3)4/h9-10,16-17H,6-8H2,1-5H3. The number of phenols is 1. The van der Waals surface area contributed by atoms with Gasteiger partial charge in [-0.1, -0.05) is 20.8 Å². The van der Waals surface area contributed by atoms with Crippen molar-refractivity contribution in [1.29, 1.82) is 0 Å². The normalized spacial score (nSPS) is 11.6. The fourth-order valence-electron chi connectivity index (χ4n) is 2.09. The zero-order valence-corrected chi connectivity index (χ0v) is 12.1. The number of rotatable bonds is 5. The second kappa shape index (κ2) is 6.10. The van der Waals surface area contributed by atoms with Gasteiger partial charge in [0.25, 0.3) is 0 Å². The maximum absolute atomic E-state index is 10.0. The number of aryl methyl sites for hydroxylation is 1. The second-order valence-electron chi connectivity index (χ2n) is 5.71. The van der Waals surface area contributed by atoms with E-state index in [0.717, 1.165) is 25.3 Å². The summed E-state index contributed by atoms with van der Waals surface area (Å²) in [4.78, 5) is 0. The Kier molecular flexibility index (Phi) is 5.03. The molecule has 0 radical (unpaired) electrons. The van der Waals surface area contributed by atoms with Crippen LogP contribution in [0.1, 0.15) is 38.3 Å². The van der Waals surface area contributed by atoms with Crippen molar-refractivity contribution in [2.75, 3.05) is 25.6 Å². The van der Waals surface area contributed by atoms with Gasteiger partial charge in [0.05, 0.1) is 5.69 Å². The van der Waals surface area contributed by atoms with Crippen molar-refractivity contribution >= 4 is 5.69 Å². The van der Waals surface area contributed by atoms with E-state index in [1.807, 2.05) is 12.1 Å². The van der Waals surface area contributed by atoms with Crippen molar-refractivity contribution in [2.45, 2.75) is 39.5 Å². The van der Waals surface area contributed by atoms with Crippen LogP contribution in [0, 0.1) is 6.92 Å². The number of hydrogen-bond acceptors (Lipinski definition) is 3. The van der Waals surface area contributed by atoms with E-state index in [4.69, 9.17) is 4.74 Å². The lowest BCUT2D eigenvalue weighted by molar-refractivity contribution is 0.197. The van der Waals surface area contributed by atoms with E-state index in [9.17, 15) is 5.11 Å². The molecule has 3 nitrogen and oxygen atoms in total. The van der Waals surface area contributed by atoms with Crippen LogP contribution in [0.4, 0.5) is 5.69 Å². The maximum atomic E-state index is 10.0. The molecule has 0 saturated heterocycles. The van der Waals surface area contributed by atoms with Crippen LogP contribution in [-0.4, -0.2) is 25.4 Å². The molecule has 0 bridgehead atoms. The molecule has 0 saturated carbocycles. The number of nitrogens with one attached hydrogen (secondary N) is 1. The van der Waals surface area contributed by atoms with E-state index >= 15 is 0 Å². The molecule has 0 aliphatic rings. The average Bonchev–Trinajstić information content (AvgIpc) is 2.27. The molecule has 0 aromatic heterocycles. The van der Waals surface area contributed by atoms with Crippen molar-refractivity contribution in [3.63, 3.8) is 0 Å². The molecular weight excluding hydrogens is 226 g/mol. The monoisotopic (exact) mass is 251 g/mol. The zero-order chi connectivity index (χ0) is 13.8. The first-order chi connectivity index (χ1) is 8.36. The minimum atomic E-state index is 0.0517. The van der Waals surface area contributed by atoms with E-state index in [-0.39, 0.29) is 5.41 Å². The highest BCUT2D eigenvalue weighted by Gasteiger charge is 2.18. The molecule has 0 fully saturated rings. The summed E-state index contributed by atoms with van der Waals surface area (Å²) >= 11 is 0. The Bertz CT molecular complexity index is 394. The van der Waals surface area contributed by atoms with Crippen LogP contribution in [0.15, 0.2) is 12.1 Å². The maximum Gasteiger partial charge on any atom is 0.138 e. The lowest BCUT2D eigenvalue weighted by atomic mass is 9.84. The Morgan fingerprint density at radius 3 is 2.50 bits per heavy atom. The Balaban J connectivity index is 2.81. The number of anilines is 1. The van der Waals surface area contributed by atoms with Gasteiger partial charge in [0.2, 0.25) is 0 Å². The summed E-state index contributed by atoms with van der Waals surface area (Å²) in [6.45, 7) is 10.1. The fraction of sp³-hybridized carbons (Fsp3) is 0.600. The van der Waals surface area contributed by atoms with Gasteiger partial charge in [0.1, 0.15) is 5.75 Å². The average molecular weight is 251 g/mol. The van der Waals surface area contributed by atoms with Gasteiger partial charge < -0.3 is 15.2 Å². The quantitative estimate of drug-likeness (QED) is 0.622. The van der Waals surface area contributed by atoms with Crippen LogP contribution in [0.5, 0.6) is 5.75 Å². The minimum Gasteiger partial charge on any atom is -0.506 e. The van der Waals surface area contributed by atoms with E-state index < -0.39 is 0 Å². The molecule has 102 valence electrons. The minimum absolute atomic E-state index is 0.0517. The van der Waals surface area contributed by atoms with Gasteiger partial charge >= 0.3 is 0 Å².